The van der Waals surface area contributed by atoms with E-state index in [-0.39, 0.29) is 28.5 Å². The second kappa shape index (κ2) is 5.31. The van der Waals surface area contributed by atoms with Crippen molar-refractivity contribution in [3.63, 3.8) is 0 Å². The number of halogens is 2. The Labute approximate surface area is 122 Å². The molecule has 1 amide bonds. The normalized spacial score (nSPS) is 21.3. The zero-order valence-electron chi connectivity index (χ0n) is 10.3. The number of hydrogen-bond acceptors (Lipinski definition) is 3. The minimum absolute atomic E-state index is 0.00737. The molecule has 2 rings (SSSR count). The number of benzene rings is 1. The molecule has 19 heavy (non-hydrogen) atoms. The van der Waals surface area contributed by atoms with Crippen LogP contribution in [0, 0.1) is 0 Å². The van der Waals surface area contributed by atoms with Gasteiger partial charge in [-0.1, -0.05) is 29.3 Å². The van der Waals surface area contributed by atoms with Crippen LogP contribution in [0.2, 0.25) is 10.0 Å². The fourth-order valence-corrected chi connectivity index (χ4v) is 4.26. The zero-order chi connectivity index (χ0) is 14.2. The molecule has 1 atom stereocenters. The molecule has 1 aliphatic rings. The molecule has 1 fully saturated rings. The van der Waals surface area contributed by atoms with Crippen molar-refractivity contribution in [3.8, 4) is 0 Å². The molecule has 0 radical (unpaired) electrons. The third-order valence-corrected chi connectivity index (χ3v) is 5.83. The molecule has 104 valence electrons. The summed E-state index contributed by atoms with van der Waals surface area (Å²) in [7, 11) is -1.44. The van der Waals surface area contributed by atoms with E-state index >= 15 is 0 Å². The number of carbonyl (C=O) groups excluding carboxylic acids is 1. The minimum Gasteiger partial charge on any atom is -0.338 e. The fraction of sp³-hybridized carbons (Fsp3) is 0.417. The molecule has 0 bridgehead atoms. The summed E-state index contributed by atoms with van der Waals surface area (Å²) < 4.78 is 22.9. The predicted octanol–water partition coefficient (Wildman–Crippen LogP) is 2.25. The van der Waals surface area contributed by atoms with Gasteiger partial charge in [-0.3, -0.25) is 4.79 Å². The maximum atomic E-state index is 12.3. The first-order valence-corrected chi connectivity index (χ1v) is 8.31. The maximum absolute atomic E-state index is 12.3. The summed E-state index contributed by atoms with van der Waals surface area (Å²) in [4.78, 5) is 13.7. The highest BCUT2D eigenvalue weighted by Gasteiger charge is 2.33. The Hall–Kier alpha value is -0.780. The van der Waals surface area contributed by atoms with Crippen molar-refractivity contribution in [2.45, 2.75) is 12.5 Å². The van der Waals surface area contributed by atoms with Crippen molar-refractivity contribution < 1.29 is 13.2 Å². The molecular formula is C12H13Cl2NO3S. The minimum atomic E-state index is -3.03. The van der Waals surface area contributed by atoms with Crippen LogP contribution in [0.5, 0.6) is 0 Å². The van der Waals surface area contributed by atoms with Crippen LogP contribution in [0.4, 0.5) is 0 Å². The molecule has 1 aromatic rings. The van der Waals surface area contributed by atoms with E-state index in [2.05, 4.69) is 0 Å². The van der Waals surface area contributed by atoms with E-state index in [1.807, 2.05) is 0 Å². The summed E-state index contributed by atoms with van der Waals surface area (Å²) in [6.45, 7) is 0. The summed E-state index contributed by atoms with van der Waals surface area (Å²) in [5.74, 6) is -0.180. The molecule has 1 aromatic carbocycles. The number of sulfone groups is 1. The average molecular weight is 322 g/mol. The highest BCUT2D eigenvalue weighted by molar-refractivity contribution is 7.91. The van der Waals surface area contributed by atoms with Crippen LogP contribution in [-0.4, -0.2) is 43.8 Å². The van der Waals surface area contributed by atoms with Gasteiger partial charge in [-0.05, 0) is 18.6 Å². The van der Waals surface area contributed by atoms with Crippen LogP contribution in [-0.2, 0) is 9.84 Å². The van der Waals surface area contributed by atoms with Gasteiger partial charge in [0.15, 0.2) is 9.84 Å². The topological polar surface area (TPSA) is 54.5 Å². The molecule has 0 aliphatic carbocycles. The lowest BCUT2D eigenvalue weighted by Gasteiger charge is -2.24. The summed E-state index contributed by atoms with van der Waals surface area (Å²) >= 11 is 11.9. The van der Waals surface area contributed by atoms with Gasteiger partial charge in [0, 0.05) is 13.1 Å². The molecular weight excluding hydrogens is 309 g/mol. The van der Waals surface area contributed by atoms with Gasteiger partial charge >= 0.3 is 0 Å². The van der Waals surface area contributed by atoms with E-state index < -0.39 is 9.84 Å². The summed E-state index contributed by atoms with van der Waals surface area (Å²) in [5, 5.41) is 0.502. The number of carbonyl (C=O) groups is 1. The zero-order valence-corrected chi connectivity index (χ0v) is 12.6. The highest BCUT2D eigenvalue weighted by atomic mass is 35.5. The van der Waals surface area contributed by atoms with Gasteiger partial charge in [0.1, 0.15) is 0 Å². The van der Waals surface area contributed by atoms with Crippen LogP contribution in [0.3, 0.4) is 0 Å². The Bertz CT molecular complexity index is 615. The van der Waals surface area contributed by atoms with E-state index in [4.69, 9.17) is 23.2 Å². The summed E-state index contributed by atoms with van der Waals surface area (Å²) in [5.41, 5.74) is 0.293. The first-order chi connectivity index (χ1) is 8.82. The second-order valence-corrected chi connectivity index (χ2v) is 7.59. The standard InChI is InChI=1S/C12H13Cl2NO3S/c1-15(8-5-6-19(17,18)7-8)12(16)9-3-2-4-10(13)11(9)14/h2-4,8H,5-7H2,1H3. The van der Waals surface area contributed by atoms with Crippen LogP contribution in [0.15, 0.2) is 18.2 Å². The van der Waals surface area contributed by atoms with Gasteiger partial charge in [-0.25, -0.2) is 8.42 Å². The van der Waals surface area contributed by atoms with Crippen LogP contribution in [0.25, 0.3) is 0 Å². The molecule has 0 spiro atoms. The third-order valence-electron chi connectivity index (χ3n) is 3.26. The smallest absolute Gasteiger partial charge is 0.255 e. The molecule has 0 N–H and O–H groups in total. The van der Waals surface area contributed by atoms with Crippen LogP contribution < -0.4 is 0 Å². The Balaban J connectivity index is 2.23. The lowest BCUT2D eigenvalue weighted by Crippen LogP contribution is -2.37. The van der Waals surface area contributed by atoms with Crippen LogP contribution >= 0.6 is 23.2 Å². The first kappa shape index (κ1) is 14.6. The summed E-state index contributed by atoms with van der Waals surface area (Å²) in [6, 6.07) is 4.52. The van der Waals surface area contributed by atoms with Gasteiger partial charge in [-0.15, -0.1) is 0 Å². The Morgan fingerprint density at radius 2 is 2.05 bits per heavy atom. The Kier molecular flexibility index (Phi) is 4.08. The SMILES string of the molecule is CN(C(=O)c1cccc(Cl)c1Cl)C1CCS(=O)(=O)C1. The predicted molar refractivity (Wildman–Crippen MR) is 75.6 cm³/mol. The molecule has 1 unspecified atom stereocenters. The van der Waals surface area contributed by atoms with E-state index in [9.17, 15) is 13.2 Å². The molecule has 4 nitrogen and oxygen atoms in total. The molecule has 1 aliphatic heterocycles. The number of nitrogens with zero attached hydrogens (tertiary/aromatic N) is 1. The quantitative estimate of drug-likeness (QED) is 0.839. The van der Waals surface area contributed by atoms with E-state index in [0.717, 1.165) is 0 Å². The fourth-order valence-electron chi connectivity index (χ4n) is 2.11. The monoisotopic (exact) mass is 321 g/mol. The third kappa shape index (κ3) is 3.04. The van der Waals surface area contributed by atoms with E-state index in [1.54, 1.807) is 25.2 Å². The van der Waals surface area contributed by atoms with Crippen molar-refractivity contribution >= 4 is 38.9 Å². The Morgan fingerprint density at radius 3 is 2.63 bits per heavy atom. The van der Waals surface area contributed by atoms with Crippen molar-refractivity contribution in [2.75, 3.05) is 18.6 Å². The molecule has 0 aromatic heterocycles. The highest BCUT2D eigenvalue weighted by Crippen LogP contribution is 2.27. The van der Waals surface area contributed by atoms with Crippen molar-refractivity contribution in [3.05, 3.63) is 33.8 Å². The summed E-state index contributed by atoms with van der Waals surface area (Å²) in [6.07, 6.45) is 0.461. The molecule has 7 heteroatoms. The van der Waals surface area contributed by atoms with Crippen molar-refractivity contribution in [2.24, 2.45) is 0 Å². The second-order valence-electron chi connectivity index (χ2n) is 4.57. The first-order valence-electron chi connectivity index (χ1n) is 5.73. The molecule has 1 heterocycles. The number of hydrogen-bond donors (Lipinski definition) is 0. The largest absolute Gasteiger partial charge is 0.338 e. The average Bonchev–Trinajstić information content (AvgIpc) is 2.71. The van der Waals surface area contributed by atoms with E-state index in [1.165, 1.54) is 4.90 Å². The van der Waals surface area contributed by atoms with Gasteiger partial charge in [0.25, 0.3) is 5.91 Å². The lowest BCUT2D eigenvalue weighted by molar-refractivity contribution is 0.0748. The van der Waals surface area contributed by atoms with Crippen LogP contribution in [0.1, 0.15) is 16.8 Å². The van der Waals surface area contributed by atoms with Crippen molar-refractivity contribution in [1.82, 2.24) is 4.90 Å². The van der Waals surface area contributed by atoms with Crippen molar-refractivity contribution in [1.29, 1.82) is 0 Å². The number of amides is 1. The van der Waals surface area contributed by atoms with Gasteiger partial charge in [0.2, 0.25) is 0 Å². The lowest BCUT2D eigenvalue weighted by atomic mass is 10.1. The number of rotatable bonds is 2. The van der Waals surface area contributed by atoms with E-state index in [0.29, 0.717) is 17.0 Å². The van der Waals surface area contributed by atoms with Gasteiger partial charge < -0.3 is 4.90 Å². The van der Waals surface area contributed by atoms with Gasteiger partial charge in [-0.2, -0.15) is 0 Å². The molecule has 0 saturated carbocycles. The maximum Gasteiger partial charge on any atom is 0.255 e. The molecule has 1 saturated heterocycles. The Morgan fingerprint density at radius 1 is 1.37 bits per heavy atom. The van der Waals surface area contributed by atoms with Gasteiger partial charge in [0.05, 0.1) is 27.1 Å².